The predicted molar refractivity (Wildman–Crippen MR) is 107 cm³/mol. The molecule has 0 bridgehead atoms. The normalized spacial score (nSPS) is 17.3. The number of ether oxygens (including phenoxy) is 1. The Kier molecular flexibility index (Phi) is 14.3. The SMILES string of the molecule is [2H]CN(C[C@H](O)[C@@H](O)[C@H](O)[C@H](O)CO)C(=O)OCC(CCCC)CCCCCC. The van der Waals surface area contributed by atoms with E-state index in [2.05, 4.69) is 13.8 Å². The molecule has 0 aliphatic rings. The summed E-state index contributed by atoms with van der Waals surface area (Å²) in [5.74, 6) is 0.250. The van der Waals surface area contributed by atoms with E-state index in [4.69, 9.17) is 11.2 Å². The van der Waals surface area contributed by atoms with Gasteiger partial charge in [0, 0.05) is 8.39 Å². The second-order valence-corrected chi connectivity index (χ2v) is 7.46. The van der Waals surface area contributed by atoms with Gasteiger partial charge in [0.25, 0.3) is 0 Å². The third kappa shape index (κ3) is 11.2. The molecule has 8 nitrogen and oxygen atoms in total. The molecule has 0 fully saturated rings. The summed E-state index contributed by atoms with van der Waals surface area (Å²) in [4.78, 5) is 13.2. The number of hydrogen-bond donors (Lipinski definition) is 5. The molecule has 0 radical (unpaired) electrons. The molecular weight excluding hydrogens is 366 g/mol. The molecule has 0 saturated heterocycles. The van der Waals surface area contributed by atoms with E-state index in [0.717, 1.165) is 49.8 Å². The van der Waals surface area contributed by atoms with Crippen LogP contribution in [0.1, 0.15) is 66.6 Å². The van der Waals surface area contributed by atoms with E-state index in [1.807, 2.05) is 0 Å². The van der Waals surface area contributed by atoms with Gasteiger partial charge in [0.1, 0.15) is 24.4 Å². The number of unbranched alkanes of at least 4 members (excludes halogenated alkanes) is 4. The van der Waals surface area contributed by atoms with E-state index in [-0.39, 0.29) is 12.5 Å². The van der Waals surface area contributed by atoms with Gasteiger partial charge in [-0.25, -0.2) is 4.79 Å². The van der Waals surface area contributed by atoms with E-state index in [1.165, 1.54) is 6.42 Å². The molecule has 0 aromatic heterocycles. The van der Waals surface area contributed by atoms with E-state index in [0.29, 0.717) is 0 Å². The molecular formula is C20H41NO7. The number of nitrogens with zero attached hydrogens (tertiary/aromatic N) is 1. The van der Waals surface area contributed by atoms with Crippen molar-refractivity contribution in [1.82, 2.24) is 4.90 Å². The highest BCUT2D eigenvalue weighted by Crippen LogP contribution is 2.18. The summed E-state index contributed by atoms with van der Waals surface area (Å²) >= 11 is 0. The molecule has 0 aliphatic heterocycles. The van der Waals surface area contributed by atoms with E-state index >= 15 is 0 Å². The number of aliphatic hydroxyl groups is 5. The largest absolute Gasteiger partial charge is 0.449 e. The number of carbonyl (C=O) groups excluding carboxylic acids is 1. The van der Waals surface area contributed by atoms with Crippen molar-refractivity contribution in [2.24, 2.45) is 5.92 Å². The lowest BCUT2D eigenvalue weighted by Crippen LogP contribution is -2.50. The Hall–Kier alpha value is -0.930. The summed E-state index contributed by atoms with van der Waals surface area (Å²) in [5.41, 5.74) is 0. The molecule has 28 heavy (non-hydrogen) atoms. The molecule has 0 aromatic rings. The minimum absolute atomic E-state index is 0.242. The van der Waals surface area contributed by atoms with Crippen LogP contribution in [-0.4, -0.2) is 87.7 Å². The third-order valence-electron chi connectivity index (χ3n) is 4.87. The minimum Gasteiger partial charge on any atom is -0.449 e. The van der Waals surface area contributed by atoms with Crippen LogP contribution in [0.25, 0.3) is 0 Å². The molecule has 1 unspecified atom stereocenters. The van der Waals surface area contributed by atoms with Crippen molar-refractivity contribution < 1.29 is 36.4 Å². The maximum absolute atomic E-state index is 12.3. The topological polar surface area (TPSA) is 131 Å². The van der Waals surface area contributed by atoms with Crippen molar-refractivity contribution in [2.75, 3.05) is 26.8 Å². The van der Waals surface area contributed by atoms with Crippen molar-refractivity contribution in [3.63, 3.8) is 0 Å². The van der Waals surface area contributed by atoms with Crippen molar-refractivity contribution in [3.05, 3.63) is 0 Å². The number of aliphatic hydroxyl groups excluding tert-OH is 5. The van der Waals surface area contributed by atoms with Crippen LogP contribution in [-0.2, 0) is 4.74 Å². The summed E-state index contributed by atoms with van der Waals surface area (Å²) in [6.45, 7) is 3.28. The van der Waals surface area contributed by atoms with Crippen molar-refractivity contribution in [2.45, 2.75) is 89.6 Å². The summed E-state index contributed by atoms with van der Waals surface area (Å²) in [5, 5.41) is 47.7. The van der Waals surface area contributed by atoms with Gasteiger partial charge in [-0.05, 0) is 18.8 Å². The highest BCUT2D eigenvalue weighted by atomic mass is 16.6. The number of hydrogen-bond acceptors (Lipinski definition) is 7. The predicted octanol–water partition coefficient (Wildman–Crippen LogP) is 1.27. The minimum atomic E-state index is -1.78. The van der Waals surface area contributed by atoms with Crippen molar-refractivity contribution in [1.29, 1.82) is 0 Å². The zero-order valence-corrected chi connectivity index (χ0v) is 17.4. The van der Waals surface area contributed by atoms with Gasteiger partial charge in [0.15, 0.2) is 0 Å². The average Bonchev–Trinajstić information content (AvgIpc) is 2.73. The molecule has 0 heterocycles. The third-order valence-corrected chi connectivity index (χ3v) is 4.87. The van der Waals surface area contributed by atoms with Crippen LogP contribution >= 0.6 is 0 Å². The first-order chi connectivity index (χ1) is 13.8. The number of carbonyl (C=O) groups is 1. The lowest BCUT2D eigenvalue weighted by Gasteiger charge is -2.28. The Labute approximate surface area is 170 Å². The lowest BCUT2D eigenvalue weighted by molar-refractivity contribution is -0.117. The van der Waals surface area contributed by atoms with Gasteiger partial charge in [-0.2, -0.15) is 0 Å². The Morgan fingerprint density at radius 1 is 0.964 bits per heavy atom. The van der Waals surface area contributed by atoms with Gasteiger partial charge in [0.2, 0.25) is 0 Å². The average molecular weight is 409 g/mol. The van der Waals surface area contributed by atoms with E-state index in [9.17, 15) is 25.2 Å². The number of rotatable bonds is 16. The fraction of sp³-hybridized carbons (Fsp3) is 0.950. The van der Waals surface area contributed by atoms with Crippen LogP contribution in [0.15, 0.2) is 0 Å². The zero-order chi connectivity index (χ0) is 22.2. The lowest BCUT2D eigenvalue weighted by atomic mass is 9.96. The summed E-state index contributed by atoms with van der Waals surface area (Å²) in [6, 6.07) is 0. The highest BCUT2D eigenvalue weighted by molar-refractivity contribution is 5.67. The molecule has 8 heteroatoms. The Morgan fingerprint density at radius 2 is 1.57 bits per heavy atom. The van der Waals surface area contributed by atoms with Crippen LogP contribution in [0.2, 0.25) is 0 Å². The van der Waals surface area contributed by atoms with Crippen molar-refractivity contribution in [3.8, 4) is 0 Å². The van der Waals surface area contributed by atoms with Gasteiger partial charge >= 0.3 is 6.09 Å². The van der Waals surface area contributed by atoms with Crippen molar-refractivity contribution >= 4 is 6.09 Å². The summed E-state index contributed by atoms with van der Waals surface area (Å²) < 4.78 is 12.8. The zero-order valence-electron chi connectivity index (χ0n) is 18.4. The Balaban J connectivity index is 4.61. The molecule has 0 aliphatic carbocycles. The standard InChI is InChI=1S/C20H41NO7/c1-4-6-8-9-11-15(10-7-5-2)14-28-20(27)21(3)12-16(23)18(25)19(26)17(24)13-22/h15-19,22-26H,4-14H2,1-3H3/t15?,16-,17+,18+,19+/m0/s1/i3D. The van der Waals surface area contributed by atoms with Crippen LogP contribution in [0.4, 0.5) is 4.79 Å². The maximum Gasteiger partial charge on any atom is 0.409 e. The molecule has 168 valence electrons. The maximum atomic E-state index is 12.3. The fourth-order valence-corrected chi connectivity index (χ4v) is 2.92. The first-order valence-electron chi connectivity index (χ1n) is 11.1. The van der Waals surface area contributed by atoms with Gasteiger partial charge in [0.05, 0.1) is 19.8 Å². The first-order valence-corrected chi connectivity index (χ1v) is 10.4. The fourth-order valence-electron chi connectivity index (χ4n) is 2.92. The van der Waals surface area contributed by atoms with Gasteiger partial charge < -0.3 is 35.2 Å². The molecule has 1 amide bonds. The Bertz CT molecular complexity index is 416. The van der Waals surface area contributed by atoms with Crippen LogP contribution in [0, 0.1) is 5.92 Å². The first kappa shape index (κ1) is 25.1. The van der Waals surface area contributed by atoms with E-state index < -0.39 is 50.7 Å². The molecule has 5 atom stereocenters. The quantitative estimate of drug-likeness (QED) is 0.243. The molecule has 5 N–H and O–H groups in total. The van der Waals surface area contributed by atoms with Gasteiger partial charge in [-0.1, -0.05) is 52.4 Å². The van der Waals surface area contributed by atoms with Gasteiger partial charge in [-0.3, -0.25) is 0 Å². The molecule has 0 rings (SSSR count). The highest BCUT2D eigenvalue weighted by Gasteiger charge is 2.31. The molecule has 0 aromatic carbocycles. The van der Waals surface area contributed by atoms with Crippen LogP contribution in [0.3, 0.4) is 0 Å². The van der Waals surface area contributed by atoms with Gasteiger partial charge in [-0.15, -0.1) is 0 Å². The number of likely N-dealkylation sites (N-methyl/N-ethyl adjacent to an activating group) is 1. The second kappa shape index (κ2) is 15.9. The van der Waals surface area contributed by atoms with Crippen LogP contribution < -0.4 is 0 Å². The molecule has 0 saturated carbocycles. The van der Waals surface area contributed by atoms with E-state index in [1.54, 1.807) is 0 Å². The van der Waals surface area contributed by atoms with Crippen LogP contribution in [0.5, 0.6) is 0 Å². The molecule has 0 spiro atoms. The summed E-state index contributed by atoms with van der Waals surface area (Å²) in [7, 11) is -0.489. The smallest absolute Gasteiger partial charge is 0.409 e. The monoisotopic (exact) mass is 408 g/mol. The second-order valence-electron chi connectivity index (χ2n) is 7.46. The number of amides is 1. The summed E-state index contributed by atoms with van der Waals surface area (Å²) in [6.07, 6.45) is 1.07. The Morgan fingerprint density at radius 3 is 2.14 bits per heavy atom.